The lowest BCUT2D eigenvalue weighted by molar-refractivity contribution is -0.142. The number of carbonyl (C=O) groups is 2. The Morgan fingerprint density at radius 3 is 2.50 bits per heavy atom. The Morgan fingerprint density at radius 1 is 1.38 bits per heavy atom. The number of carbonyl (C=O) groups excluding carboxylic acids is 2. The number of ketones is 1. The molecule has 0 radical (unpaired) electrons. The second-order valence-electron chi connectivity index (χ2n) is 3.65. The van der Waals surface area contributed by atoms with Crippen LogP contribution in [0.5, 0.6) is 5.75 Å². The molecule has 0 heterocycles. The zero-order valence-corrected chi connectivity index (χ0v) is 9.48. The van der Waals surface area contributed by atoms with Gasteiger partial charge in [0.1, 0.15) is 11.9 Å². The van der Waals surface area contributed by atoms with Crippen LogP contribution in [0.25, 0.3) is 0 Å². The zero-order valence-electron chi connectivity index (χ0n) is 9.48. The first-order valence-electron chi connectivity index (χ1n) is 4.93. The van der Waals surface area contributed by atoms with Gasteiger partial charge in [-0.3, -0.25) is 4.79 Å². The number of Topliss-reactive ketones (excluding diaryl/α,β-unsaturated/α-hetero) is 1. The van der Waals surface area contributed by atoms with E-state index in [1.54, 1.807) is 18.2 Å². The Kier molecular flexibility index (Phi) is 3.79. The van der Waals surface area contributed by atoms with Crippen molar-refractivity contribution in [1.82, 2.24) is 0 Å². The van der Waals surface area contributed by atoms with Crippen molar-refractivity contribution in [2.45, 2.75) is 26.9 Å². The molecule has 0 spiro atoms. The van der Waals surface area contributed by atoms with Crippen LogP contribution in [0.3, 0.4) is 0 Å². The largest absolute Gasteiger partial charge is 0.424 e. The fourth-order valence-corrected chi connectivity index (χ4v) is 1.20. The number of aryl methyl sites for hydroxylation is 1. The fourth-order valence-electron chi connectivity index (χ4n) is 1.20. The van der Waals surface area contributed by atoms with E-state index in [4.69, 9.17) is 9.84 Å². The van der Waals surface area contributed by atoms with Crippen LogP contribution in [0.4, 0.5) is 0 Å². The number of benzene rings is 1. The second kappa shape index (κ2) is 4.90. The van der Waals surface area contributed by atoms with Gasteiger partial charge in [0.05, 0.1) is 5.56 Å². The van der Waals surface area contributed by atoms with Crippen molar-refractivity contribution >= 4 is 11.8 Å². The minimum atomic E-state index is -1.21. The lowest BCUT2D eigenvalue weighted by Gasteiger charge is -2.10. The van der Waals surface area contributed by atoms with Gasteiger partial charge in [-0.05, 0) is 32.9 Å². The van der Waals surface area contributed by atoms with Gasteiger partial charge in [0, 0.05) is 0 Å². The summed E-state index contributed by atoms with van der Waals surface area (Å²) in [6.07, 6.45) is -1.21. The van der Waals surface area contributed by atoms with Gasteiger partial charge < -0.3 is 9.84 Å². The maximum absolute atomic E-state index is 11.3. The topological polar surface area (TPSA) is 63.6 Å². The predicted molar refractivity (Wildman–Crippen MR) is 58.5 cm³/mol. The van der Waals surface area contributed by atoms with Gasteiger partial charge in [-0.25, -0.2) is 4.79 Å². The van der Waals surface area contributed by atoms with E-state index < -0.39 is 12.1 Å². The van der Waals surface area contributed by atoms with Crippen molar-refractivity contribution in [3.8, 4) is 5.75 Å². The third kappa shape index (κ3) is 2.90. The summed E-state index contributed by atoms with van der Waals surface area (Å²) in [5.41, 5.74) is 1.25. The summed E-state index contributed by atoms with van der Waals surface area (Å²) in [4.78, 5) is 22.5. The van der Waals surface area contributed by atoms with Crippen molar-refractivity contribution in [1.29, 1.82) is 0 Å². The van der Waals surface area contributed by atoms with Crippen LogP contribution in [0.15, 0.2) is 18.2 Å². The van der Waals surface area contributed by atoms with Gasteiger partial charge in [-0.2, -0.15) is 0 Å². The zero-order chi connectivity index (χ0) is 12.3. The number of hydrogen-bond donors (Lipinski definition) is 1. The summed E-state index contributed by atoms with van der Waals surface area (Å²) in [6.45, 7) is 4.55. The number of aliphatic hydroxyl groups excluding tert-OH is 1. The highest BCUT2D eigenvalue weighted by Crippen LogP contribution is 2.21. The molecule has 0 aromatic heterocycles. The Morgan fingerprint density at radius 2 is 2.00 bits per heavy atom. The molecule has 0 fully saturated rings. The van der Waals surface area contributed by atoms with E-state index in [0.717, 1.165) is 5.56 Å². The second-order valence-corrected chi connectivity index (χ2v) is 3.65. The Hall–Kier alpha value is -1.68. The van der Waals surface area contributed by atoms with Gasteiger partial charge in [-0.15, -0.1) is 0 Å². The van der Waals surface area contributed by atoms with Gasteiger partial charge in [-0.1, -0.05) is 11.6 Å². The van der Waals surface area contributed by atoms with E-state index >= 15 is 0 Å². The summed E-state index contributed by atoms with van der Waals surface area (Å²) in [6, 6.07) is 4.93. The molecule has 0 saturated carbocycles. The fraction of sp³-hybridized carbons (Fsp3) is 0.333. The number of ether oxygens (including phenoxy) is 1. The third-order valence-electron chi connectivity index (χ3n) is 2.07. The molecular weight excluding hydrogens is 208 g/mol. The molecule has 1 aromatic carbocycles. The van der Waals surface area contributed by atoms with Crippen molar-refractivity contribution in [2.24, 2.45) is 0 Å². The highest BCUT2D eigenvalue weighted by molar-refractivity contribution is 5.97. The first-order chi connectivity index (χ1) is 7.41. The van der Waals surface area contributed by atoms with E-state index in [0.29, 0.717) is 5.56 Å². The molecule has 4 nitrogen and oxygen atoms in total. The Balaban J connectivity index is 3.04. The maximum atomic E-state index is 11.3. The first-order valence-corrected chi connectivity index (χ1v) is 4.93. The monoisotopic (exact) mass is 222 g/mol. The molecule has 1 aromatic rings. The summed E-state index contributed by atoms with van der Waals surface area (Å²) in [5.74, 6) is -0.771. The lowest BCUT2D eigenvalue weighted by Crippen LogP contribution is -2.23. The van der Waals surface area contributed by atoms with Crippen LogP contribution in [0.2, 0.25) is 0 Å². The van der Waals surface area contributed by atoms with Crippen molar-refractivity contribution in [2.75, 3.05) is 0 Å². The first kappa shape index (κ1) is 12.4. The number of esters is 1. The van der Waals surface area contributed by atoms with E-state index in [2.05, 4.69) is 0 Å². The standard InChI is InChI=1S/C12H14O4/c1-7-4-5-11(10(6-7)8(2)13)16-12(15)9(3)14/h4-6,9,14H,1-3H3. The molecule has 0 bridgehead atoms. The molecule has 86 valence electrons. The highest BCUT2D eigenvalue weighted by atomic mass is 16.5. The summed E-state index contributed by atoms with van der Waals surface area (Å²) >= 11 is 0. The van der Waals surface area contributed by atoms with Crippen molar-refractivity contribution in [3.05, 3.63) is 29.3 Å². The van der Waals surface area contributed by atoms with E-state index in [1.165, 1.54) is 13.8 Å². The molecular formula is C12H14O4. The number of hydrogen-bond acceptors (Lipinski definition) is 4. The van der Waals surface area contributed by atoms with Crippen molar-refractivity contribution < 1.29 is 19.4 Å². The Bertz CT molecular complexity index is 421. The molecule has 0 amide bonds. The minimum Gasteiger partial charge on any atom is -0.424 e. The highest BCUT2D eigenvalue weighted by Gasteiger charge is 2.15. The molecule has 16 heavy (non-hydrogen) atoms. The molecule has 4 heteroatoms. The molecule has 0 saturated heterocycles. The third-order valence-corrected chi connectivity index (χ3v) is 2.07. The van der Waals surface area contributed by atoms with E-state index in [9.17, 15) is 9.59 Å². The smallest absolute Gasteiger partial charge is 0.340 e. The summed E-state index contributed by atoms with van der Waals surface area (Å²) in [5, 5.41) is 9.01. The minimum absolute atomic E-state index is 0.183. The molecule has 1 rings (SSSR count). The normalized spacial score (nSPS) is 12.0. The van der Waals surface area contributed by atoms with Crippen molar-refractivity contribution in [3.63, 3.8) is 0 Å². The van der Waals surface area contributed by atoms with Crippen LogP contribution in [0, 0.1) is 6.92 Å². The molecule has 0 aliphatic rings. The predicted octanol–water partition coefficient (Wildman–Crippen LogP) is 1.48. The van der Waals surface area contributed by atoms with Crippen LogP contribution < -0.4 is 4.74 Å². The summed E-state index contributed by atoms with van der Waals surface area (Å²) < 4.78 is 4.91. The molecule has 1 N–H and O–H groups in total. The van der Waals surface area contributed by atoms with Crippen LogP contribution >= 0.6 is 0 Å². The maximum Gasteiger partial charge on any atom is 0.340 e. The van der Waals surface area contributed by atoms with Gasteiger partial charge in [0.2, 0.25) is 0 Å². The lowest BCUT2D eigenvalue weighted by atomic mass is 10.1. The van der Waals surface area contributed by atoms with E-state index in [-0.39, 0.29) is 11.5 Å². The van der Waals surface area contributed by atoms with Gasteiger partial charge >= 0.3 is 5.97 Å². The van der Waals surface area contributed by atoms with E-state index in [1.807, 2.05) is 6.92 Å². The average molecular weight is 222 g/mol. The molecule has 0 aliphatic heterocycles. The average Bonchev–Trinajstić information content (AvgIpc) is 2.20. The quantitative estimate of drug-likeness (QED) is 0.478. The number of aliphatic hydroxyl groups is 1. The molecule has 1 atom stereocenters. The number of rotatable bonds is 3. The Labute approximate surface area is 93.9 Å². The molecule has 1 unspecified atom stereocenters. The molecule has 0 aliphatic carbocycles. The van der Waals surface area contributed by atoms with Gasteiger partial charge in [0.15, 0.2) is 5.78 Å². The van der Waals surface area contributed by atoms with Crippen LogP contribution in [0.1, 0.15) is 29.8 Å². The summed E-state index contributed by atoms with van der Waals surface area (Å²) in [7, 11) is 0. The van der Waals surface area contributed by atoms with Crippen LogP contribution in [-0.4, -0.2) is 23.0 Å². The van der Waals surface area contributed by atoms with Crippen LogP contribution in [-0.2, 0) is 4.79 Å². The van der Waals surface area contributed by atoms with Gasteiger partial charge in [0.25, 0.3) is 0 Å². The SMILES string of the molecule is CC(=O)c1cc(C)ccc1OC(=O)C(C)O.